The van der Waals surface area contributed by atoms with E-state index in [1.165, 1.54) is 17.7 Å². The van der Waals surface area contributed by atoms with Crippen LogP contribution < -0.4 is 15.4 Å². The molecule has 0 amide bonds. The lowest BCUT2D eigenvalue weighted by molar-refractivity contribution is -0.137. The third-order valence-corrected chi connectivity index (χ3v) is 4.02. The number of nitrogens with one attached hydrogen (secondary N) is 2. The summed E-state index contributed by atoms with van der Waals surface area (Å²) in [6.07, 6.45) is -4.39. The van der Waals surface area contributed by atoms with E-state index >= 15 is 0 Å². The Bertz CT molecular complexity index is 778. The molecule has 0 saturated heterocycles. The van der Waals surface area contributed by atoms with Crippen molar-refractivity contribution in [1.82, 2.24) is 5.32 Å². The van der Waals surface area contributed by atoms with Crippen molar-refractivity contribution in [1.29, 1.82) is 0 Å². The Morgan fingerprint density at radius 2 is 1.85 bits per heavy atom. The smallest absolute Gasteiger partial charge is 0.416 e. The zero-order valence-electron chi connectivity index (χ0n) is 14.8. The van der Waals surface area contributed by atoms with Crippen LogP contribution in [0, 0.1) is 13.8 Å². The maximum atomic E-state index is 12.7. The zero-order chi connectivity index (χ0) is 19.3. The summed E-state index contributed by atoms with van der Waals surface area (Å²) in [5.74, 6) is 0.763. The Balaban J connectivity index is 1.86. The number of aryl methyl sites for hydroxylation is 2. The molecule has 2 aromatic carbocycles. The van der Waals surface area contributed by atoms with Crippen LogP contribution in [0.5, 0.6) is 5.75 Å². The molecule has 0 aliphatic carbocycles. The van der Waals surface area contributed by atoms with Gasteiger partial charge >= 0.3 is 6.18 Å². The molecular weight excluding hydrogens is 361 g/mol. The van der Waals surface area contributed by atoms with E-state index in [2.05, 4.69) is 10.6 Å². The molecule has 0 saturated carbocycles. The van der Waals surface area contributed by atoms with E-state index in [0.29, 0.717) is 6.61 Å². The van der Waals surface area contributed by atoms with Crippen LogP contribution in [0.15, 0.2) is 42.5 Å². The minimum absolute atomic E-state index is 0.123. The van der Waals surface area contributed by atoms with Gasteiger partial charge in [-0.05, 0) is 74.4 Å². The van der Waals surface area contributed by atoms with E-state index in [4.69, 9.17) is 17.0 Å². The molecule has 0 heterocycles. The molecule has 1 atom stereocenters. The summed E-state index contributed by atoms with van der Waals surface area (Å²) in [5.41, 5.74) is 1.89. The summed E-state index contributed by atoms with van der Waals surface area (Å²) >= 11 is 5.16. The van der Waals surface area contributed by atoms with Crippen LogP contribution in [0.3, 0.4) is 0 Å². The number of alkyl halides is 3. The molecule has 0 spiro atoms. The summed E-state index contributed by atoms with van der Waals surface area (Å²) in [6, 6.07) is 10.6. The van der Waals surface area contributed by atoms with Crippen molar-refractivity contribution in [3.8, 4) is 5.75 Å². The van der Waals surface area contributed by atoms with Gasteiger partial charge in [0, 0.05) is 5.69 Å². The molecular formula is C19H21F3N2OS. The lowest BCUT2D eigenvalue weighted by Crippen LogP contribution is -2.39. The van der Waals surface area contributed by atoms with Gasteiger partial charge in [-0.3, -0.25) is 0 Å². The highest BCUT2D eigenvalue weighted by Crippen LogP contribution is 2.30. The van der Waals surface area contributed by atoms with Gasteiger partial charge in [0.1, 0.15) is 12.4 Å². The standard InChI is InChI=1S/C19H21F3N2OS/c1-12-7-8-17(9-13(12)2)25-11-14(3)23-18(26)24-16-6-4-5-15(10-16)19(20,21)22/h4-10,14H,11H2,1-3H3,(H2,23,24,26). The maximum absolute atomic E-state index is 12.7. The first-order chi connectivity index (χ1) is 12.1. The second-order valence-electron chi connectivity index (χ2n) is 6.14. The fraction of sp³-hybridized carbons (Fsp3) is 0.316. The molecule has 0 fully saturated rings. The Morgan fingerprint density at radius 1 is 1.12 bits per heavy atom. The largest absolute Gasteiger partial charge is 0.491 e. The average Bonchev–Trinajstić information content (AvgIpc) is 2.55. The predicted molar refractivity (Wildman–Crippen MR) is 102 cm³/mol. The first-order valence-electron chi connectivity index (χ1n) is 8.10. The number of anilines is 1. The number of ether oxygens (including phenoxy) is 1. The van der Waals surface area contributed by atoms with E-state index in [-0.39, 0.29) is 16.8 Å². The molecule has 0 aliphatic heterocycles. The highest BCUT2D eigenvalue weighted by atomic mass is 32.1. The molecule has 1 unspecified atom stereocenters. The third-order valence-electron chi connectivity index (χ3n) is 3.80. The third kappa shape index (κ3) is 5.91. The second-order valence-corrected chi connectivity index (χ2v) is 6.54. The van der Waals surface area contributed by atoms with Gasteiger partial charge in [-0.1, -0.05) is 12.1 Å². The quantitative estimate of drug-likeness (QED) is 0.707. The van der Waals surface area contributed by atoms with Gasteiger partial charge < -0.3 is 15.4 Å². The minimum atomic E-state index is -4.39. The SMILES string of the molecule is Cc1ccc(OCC(C)NC(=S)Nc2cccc(C(F)(F)F)c2)cc1C. The Hall–Kier alpha value is -2.28. The van der Waals surface area contributed by atoms with Gasteiger partial charge in [0.2, 0.25) is 0 Å². The van der Waals surface area contributed by atoms with Crippen LogP contribution in [0.1, 0.15) is 23.6 Å². The predicted octanol–water partition coefficient (Wildman–Crippen LogP) is 5.08. The molecule has 26 heavy (non-hydrogen) atoms. The summed E-state index contributed by atoms with van der Waals surface area (Å²) in [5, 5.41) is 6.00. The fourth-order valence-electron chi connectivity index (χ4n) is 2.23. The monoisotopic (exact) mass is 382 g/mol. The van der Waals surface area contributed by atoms with E-state index in [9.17, 15) is 13.2 Å². The van der Waals surface area contributed by atoms with Crippen LogP contribution in [0.2, 0.25) is 0 Å². The molecule has 2 rings (SSSR count). The van der Waals surface area contributed by atoms with Crippen molar-refractivity contribution in [3.63, 3.8) is 0 Å². The van der Waals surface area contributed by atoms with Gasteiger partial charge in [0.05, 0.1) is 11.6 Å². The number of thiocarbonyl (C=S) groups is 1. The first-order valence-corrected chi connectivity index (χ1v) is 8.51. The van der Waals surface area contributed by atoms with Crippen molar-refractivity contribution in [2.24, 2.45) is 0 Å². The van der Waals surface area contributed by atoms with Crippen molar-refractivity contribution in [2.45, 2.75) is 33.0 Å². The Labute approximate surface area is 156 Å². The van der Waals surface area contributed by atoms with Crippen LogP contribution in [-0.4, -0.2) is 17.8 Å². The summed E-state index contributed by atoms with van der Waals surface area (Å²) in [4.78, 5) is 0. The van der Waals surface area contributed by atoms with Crippen LogP contribution in [-0.2, 0) is 6.18 Å². The number of hydrogen-bond donors (Lipinski definition) is 2. The lowest BCUT2D eigenvalue weighted by atomic mass is 10.1. The molecule has 0 aliphatic rings. The molecule has 3 nitrogen and oxygen atoms in total. The van der Waals surface area contributed by atoms with Gasteiger partial charge in [-0.15, -0.1) is 0 Å². The number of halogens is 3. The second kappa shape index (κ2) is 8.40. The van der Waals surface area contributed by atoms with Crippen molar-refractivity contribution in [3.05, 3.63) is 59.2 Å². The summed E-state index contributed by atoms with van der Waals surface area (Å²) in [7, 11) is 0. The highest BCUT2D eigenvalue weighted by Gasteiger charge is 2.30. The van der Waals surface area contributed by atoms with Gasteiger partial charge in [-0.2, -0.15) is 13.2 Å². The maximum Gasteiger partial charge on any atom is 0.416 e. The molecule has 140 valence electrons. The number of hydrogen-bond acceptors (Lipinski definition) is 2. The Morgan fingerprint density at radius 3 is 2.50 bits per heavy atom. The lowest BCUT2D eigenvalue weighted by Gasteiger charge is -2.18. The van der Waals surface area contributed by atoms with Crippen molar-refractivity contribution >= 4 is 23.0 Å². The molecule has 0 bridgehead atoms. The van der Waals surface area contributed by atoms with Crippen molar-refractivity contribution in [2.75, 3.05) is 11.9 Å². The first kappa shape index (κ1) is 20.0. The average molecular weight is 382 g/mol. The summed E-state index contributed by atoms with van der Waals surface area (Å²) in [6.45, 7) is 6.28. The fourth-order valence-corrected chi connectivity index (χ4v) is 2.55. The Kier molecular flexibility index (Phi) is 6.47. The van der Waals surface area contributed by atoms with Gasteiger partial charge in [0.25, 0.3) is 0 Å². The van der Waals surface area contributed by atoms with E-state index in [0.717, 1.165) is 23.4 Å². The van der Waals surface area contributed by atoms with Crippen LogP contribution in [0.4, 0.5) is 18.9 Å². The highest BCUT2D eigenvalue weighted by molar-refractivity contribution is 7.80. The van der Waals surface area contributed by atoms with Gasteiger partial charge in [-0.25, -0.2) is 0 Å². The zero-order valence-corrected chi connectivity index (χ0v) is 15.6. The number of rotatable bonds is 5. The van der Waals surface area contributed by atoms with Crippen LogP contribution in [0.25, 0.3) is 0 Å². The number of benzene rings is 2. The normalized spacial score (nSPS) is 12.4. The van der Waals surface area contributed by atoms with E-state index in [1.807, 2.05) is 39.0 Å². The minimum Gasteiger partial charge on any atom is -0.491 e. The van der Waals surface area contributed by atoms with Gasteiger partial charge in [0.15, 0.2) is 5.11 Å². The molecule has 2 N–H and O–H groups in total. The molecule has 0 radical (unpaired) electrons. The molecule has 7 heteroatoms. The van der Waals surface area contributed by atoms with Crippen molar-refractivity contribution < 1.29 is 17.9 Å². The topological polar surface area (TPSA) is 33.3 Å². The van der Waals surface area contributed by atoms with E-state index in [1.54, 1.807) is 0 Å². The van der Waals surface area contributed by atoms with E-state index < -0.39 is 11.7 Å². The summed E-state index contributed by atoms with van der Waals surface area (Å²) < 4.78 is 43.9. The molecule has 0 aromatic heterocycles. The van der Waals surface area contributed by atoms with Crippen LogP contribution >= 0.6 is 12.2 Å². The molecule has 2 aromatic rings.